The van der Waals surface area contributed by atoms with Gasteiger partial charge in [-0.05, 0) is 12.1 Å². The summed E-state index contributed by atoms with van der Waals surface area (Å²) in [4.78, 5) is 39.7. The molecule has 0 bridgehead atoms. The van der Waals surface area contributed by atoms with Crippen LogP contribution in [-0.4, -0.2) is 52.0 Å². The van der Waals surface area contributed by atoms with Gasteiger partial charge in [-0.15, -0.1) is 6.58 Å². The summed E-state index contributed by atoms with van der Waals surface area (Å²) in [5, 5.41) is 0. The van der Waals surface area contributed by atoms with Crippen molar-refractivity contribution in [1.29, 1.82) is 0 Å². The number of allylic oxidation sites excluding steroid dienone is 1. The maximum atomic E-state index is 12.7. The predicted molar refractivity (Wildman–Crippen MR) is 108 cm³/mol. The molecule has 0 radical (unpaired) electrons. The zero-order chi connectivity index (χ0) is 20.4. The van der Waals surface area contributed by atoms with Crippen LogP contribution in [0.5, 0.6) is 0 Å². The van der Waals surface area contributed by atoms with Crippen molar-refractivity contribution in [2.75, 3.05) is 26.3 Å². The Hall–Kier alpha value is -2.71. The van der Waals surface area contributed by atoms with Crippen molar-refractivity contribution in [1.82, 2.24) is 14.0 Å². The van der Waals surface area contributed by atoms with Crippen molar-refractivity contribution in [3.63, 3.8) is 0 Å². The lowest BCUT2D eigenvalue weighted by Crippen LogP contribution is -2.47. The van der Waals surface area contributed by atoms with Crippen molar-refractivity contribution >= 4 is 16.9 Å². The maximum absolute atomic E-state index is 12.7. The number of para-hydroxylation sites is 2. The first-order chi connectivity index (χ1) is 14.0. The number of likely N-dealkylation sites (tertiary alicyclic amines) is 1. The van der Waals surface area contributed by atoms with E-state index >= 15 is 0 Å². The smallest absolute Gasteiger partial charge is 0.317 e. The summed E-state index contributed by atoms with van der Waals surface area (Å²) < 4.78 is 14.2. The van der Waals surface area contributed by atoms with Crippen molar-refractivity contribution in [2.24, 2.45) is 0 Å². The topological polar surface area (TPSA) is 82.8 Å². The van der Waals surface area contributed by atoms with Crippen LogP contribution in [-0.2, 0) is 27.4 Å². The van der Waals surface area contributed by atoms with Crippen LogP contribution < -0.4 is 11.1 Å². The Morgan fingerprint density at radius 3 is 2.24 bits per heavy atom. The summed E-state index contributed by atoms with van der Waals surface area (Å²) >= 11 is 0. The van der Waals surface area contributed by atoms with E-state index in [0.29, 0.717) is 50.2 Å². The minimum atomic E-state index is -0.622. The summed E-state index contributed by atoms with van der Waals surface area (Å²) in [7, 11) is 0. The summed E-state index contributed by atoms with van der Waals surface area (Å²) in [5.74, 6) is -0.566. The number of carbonyl (C=O) groups excluding carboxylic acids is 1. The maximum Gasteiger partial charge on any atom is 0.317 e. The van der Waals surface area contributed by atoms with Gasteiger partial charge in [0.15, 0.2) is 5.79 Å². The van der Waals surface area contributed by atoms with E-state index in [1.807, 2.05) is 12.1 Å². The molecule has 2 aliphatic rings. The summed E-state index contributed by atoms with van der Waals surface area (Å²) in [6, 6.07) is 7.22. The molecule has 4 rings (SSSR count). The Labute approximate surface area is 167 Å². The van der Waals surface area contributed by atoms with Crippen LogP contribution in [0, 0.1) is 0 Å². The number of piperidine rings is 1. The molecule has 0 N–H and O–H groups in total. The van der Waals surface area contributed by atoms with Crippen LogP contribution in [0.25, 0.3) is 11.0 Å². The lowest BCUT2D eigenvalue weighted by Gasteiger charge is -2.37. The van der Waals surface area contributed by atoms with Crippen LogP contribution in [0.4, 0.5) is 0 Å². The fraction of sp³-hybridized carbons (Fsp3) is 0.476. The number of carbonyl (C=O) groups is 1. The standard InChI is InChI=1S/C21H25N3O5/c1-2-10-23-16-5-3-4-6-17(16)24(20(27)19(23)26)11-7-18(25)22-12-8-21(9-13-22)28-14-15-29-21/h2-6H,1,7-15H2. The van der Waals surface area contributed by atoms with Gasteiger partial charge in [-0.2, -0.15) is 0 Å². The molecular weight excluding hydrogens is 374 g/mol. The molecule has 8 nitrogen and oxygen atoms in total. The molecule has 29 heavy (non-hydrogen) atoms. The van der Waals surface area contributed by atoms with Crippen molar-refractivity contribution < 1.29 is 14.3 Å². The Bertz CT molecular complexity index is 1040. The van der Waals surface area contributed by atoms with Crippen molar-refractivity contribution in [2.45, 2.75) is 38.1 Å². The van der Waals surface area contributed by atoms with E-state index in [4.69, 9.17) is 9.47 Å². The number of nitrogens with zero attached hydrogens (tertiary/aromatic N) is 3. The fourth-order valence-electron chi connectivity index (χ4n) is 4.15. The average molecular weight is 399 g/mol. The SMILES string of the molecule is C=CCn1c(=O)c(=O)n(CCC(=O)N2CCC3(CC2)OCCO3)c2ccccc21. The second-order valence-corrected chi connectivity index (χ2v) is 7.39. The summed E-state index contributed by atoms with van der Waals surface area (Å²) in [6.07, 6.45) is 3.05. The van der Waals surface area contributed by atoms with Gasteiger partial charge in [-0.1, -0.05) is 18.2 Å². The first kappa shape index (κ1) is 19.6. The molecule has 8 heteroatoms. The largest absolute Gasteiger partial charge is 0.347 e. The highest BCUT2D eigenvalue weighted by atomic mass is 16.7. The molecule has 0 atom stereocenters. The van der Waals surface area contributed by atoms with Gasteiger partial charge in [0.05, 0.1) is 24.2 Å². The highest BCUT2D eigenvalue weighted by Crippen LogP contribution is 2.31. The molecule has 0 saturated carbocycles. The number of ether oxygens (including phenoxy) is 2. The van der Waals surface area contributed by atoms with Gasteiger partial charge in [-0.25, -0.2) is 0 Å². The number of hydrogen-bond acceptors (Lipinski definition) is 5. The molecule has 1 aromatic carbocycles. The summed E-state index contributed by atoms with van der Waals surface area (Å²) in [5.41, 5.74) is 0.0622. The Balaban J connectivity index is 1.51. The van der Waals surface area contributed by atoms with E-state index in [-0.39, 0.29) is 25.4 Å². The third kappa shape index (κ3) is 3.65. The first-order valence-corrected chi connectivity index (χ1v) is 9.94. The molecule has 1 spiro atoms. The van der Waals surface area contributed by atoms with Crippen LogP contribution in [0.15, 0.2) is 46.5 Å². The monoisotopic (exact) mass is 399 g/mol. The molecular formula is C21H25N3O5. The molecule has 2 aromatic rings. The Morgan fingerprint density at radius 1 is 1.03 bits per heavy atom. The zero-order valence-corrected chi connectivity index (χ0v) is 16.3. The molecule has 2 aliphatic heterocycles. The van der Waals surface area contributed by atoms with Gasteiger partial charge in [0.2, 0.25) is 5.91 Å². The highest BCUT2D eigenvalue weighted by molar-refractivity contribution is 5.77. The molecule has 1 amide bonds. The van der Waals surface area contributed by atoms with Crippen LogP contribution in [0.2, 0.25) is 0 Å². The molecule has 3 heterocycles. The number of rotatable bonds is 5. The number of aromatic nitrogens is 2. The van der Waals surface area contributed by atoms with E-state index in [2.05, 4.69) is 6.58 Å². The number of amides is 1. The van der Waals surface area contributed by atoms with E-state index < -0.39 is 16.9 Å². The Kier molecular flexibility index (Phi) is 5.38. The first-order valence-electron chi connectivity index (χ1n) is 9.94. The van der Waals surface area contributed by atoms with Gasteiger partial charge in [0, 0.05) is 45.4 Å². The second-order valence-electron chi connectivity index (χ2n) is 7.39. The molecule has 0 aliphatic carbocycles. The predicted octanol–water partition coefficient (Wildman–Crippen LogP) is 1.10. The second kappa shape index (κ2) is 7.96. The minimum Gasteiger partial charge on any atom is -0.347 e. The van der Waals surface area contributed by atoms with Gasteiger partial charge in [0.25, 0.3) is 0 Å². The van der Waals surface area contributed by atoms with Gasteiger partial charge < -0.3 is 18.9 Å². The van der Waals surface area contributed by atoms with E-state index in [9.17, 15) is 14.4 Å². The van der Waals surface area contributed by atoms with Gasteiger partial charge >= 0.3 is 11.1 Å². The van der Waals surface area contributed by atoms with Crippen LogP contribution in [0.3, 0.4) is 0 Å². The number of benzene rings is 1. The third-order valence-corrected chi connectivity index (χ3v) is 5.69. The van der Waals surface area contributed by atoms with Crippen molar-refractivity contribution in [3.05, 3.63) is 57.6 Å². The van der Waals surface area contributed by atoms with E-state index in [1.165, 1.54) is 9.13 Å². The number of aryl methyl sites for hydroxylation is 1. The molecule has 2 fully saturated rings. The fourth-order valence-corrected chi connectivity index (χ4v) is 4.15. The Morgan fingerprint density at radius 2 is 1.62 bits per heavy atom. The normalized spacial score (nSPS) is 18.4. The lowest BCUT2D eigenvalue weighted by atomic mass is 10.0. The molecule has 2 saturated heterocycles. The van der Waals surface area contributed by atoms with Crippen LogP contribution >= 0.6 is 0 Å². The minimum absolute atomic E-state index is 0.0379. The quantitative estimate of drug-likeness (QED) is 0.556. The highest BCUT2D eigenvalue weighted by Gasteiger charge is 2.40. The molecule has 154 valence electrons. The molecule has 0 unspecified atom stereocenters. The van der Waals surface area contributed by atoms with E-state index in [0.717, 1.165) is 0 Å². The van der Waals surface area contributed by atoms with Crippen LogP contribution in [0.1, 0.15) is 19.3 Å². The number of fused-ring (bicyclic) bond motifs is 1. The third-order valence-electron chi connectivity index (χ3n) is 5.69. The van der Waals surface area contributed by atoms with Gasteiger partial charge in [-0.3, -0.25) is 19.0 Å². The van der Waals surface area contributed by atoms with Crippen molar-refractivity contribution in [3.8, 4) is 0 Å². The average Bonchev–Trinajstić information content (AvgIpc) is 3.19. The summed E-state index contributed by atoms with van der Waals surface area (Å²) in [6.45, 7) is 6.41. The van der Waals surface area contributed by atoms with E-state index in [1.54, 1.807) is 23.1 Å². The lowest BCUT2D eigenvalue weighted by molar-refractivity contribution is -0.187. The van der Waals surface area contributed by atoms with Gasteiger partial charge in [0.1, 0.15) is 0 Å². The number of hydrogen-bond donors (Lipinski definition) is 0. The zero-order valence-electron chi connectivity index (χ0n) is 16.3. The molecule has 1 aromatic heterocycles.